The molecule has 1 aliphatic rings. The van der Waals surface area contributed by atoms with Crippen molar-refractivity contribution in [2.75, 3.05) is 26.8 Å². The molecule has 0 aromatic heterocycles. The molecular formula is C16H25NO. The van der Waals surface area contributed by atoms with Gasteiger partial charge in [0.05, 0.1) is 0 Å². The zero-order chi connectivity index (χ0) is 13.0. The van der Waals surface area contributed by atoms with Crippen molar-refractivity contribution >= 4 is 0 Å². The molecule has 0 saturated carbocycles. The summed E-state index contributed by atoms with van der Waals surface area (Å²) in [6.45, 7) is 7.60. The maximum Gasteiger partial charge on any atom is 0.0490 e. The molecule has 0 radical (unpaired) electrons. The van der Waals surface area contributed by atoms with Crippen molar-refractivity contribution in [3.8, 4) is 0 Å². The van der Waals surface area contributed by atoms with E-state index in [1.165, 1.54) is 17.5 Å². The predicted molar refractivity (Wildman–Crippen MR) is 75.9 cm³/mol. The summed E-state index contributed by atoms with van der Waals surface area (Å²) in [5.41, 5.74) is 2.84. The third-order valence-electron chi connectivity index (χ3n) is 4.17. The van der Waals surface area contributed by atoms with Gasteiger partial charge in [-0.2, -0.15) is 0 Å². The van der Waals surface area contributed by atoms with Crippen LogP contribution < -0.4 is 5.32 Å². The van der Waals surface area contributed by atoms with Crippen LogP contribution in [0.5, 0.6) is 0 Å². The van der Waals surface area contributed by atoms with Crippen LogP contribution in [0.2, 0.25) is 0 Å². The number of hydrogen-bond acceptors (Lipinski definition) is 2. The molecule has 3 atom stereocenters. The SMILES string of the molecule is COCC(C)C1CCNCC1c1cccc(C)c1. The first-order chi connectivity index (χ1) is 8.72. The molecule has 2 rings (SSSR count). The second-order valence-corrected chi connectivity index (χ2v) is 5.61. The van der Waals surface area contributed by atoms with Gasteiger partial charge in [0.25, 0.3) is 0 Å². The highest BCUT2D eigenvalue weighted by Crippen LogP contribution is 2.35. The van der Waals surface area contributed by atoms with E-state index in [0.29, 0.717) is 11.8 Å². The minimum absolute atomic E-state index is 0.627. The smallest absolute Gasteiger partial charge is 0.0490 e. The van der Waals surface area contributed by atoms with Crippen LogP contribution in [0.1, 0.15) is 30.4 Å². The van der Waals surface area contributed by atoms with Crippen LogP contribution >= 0.6 is 0 Å². The molecule has 1 aromatic carbocycles. The lowest BCUT2D eigenvalue weighted by Gasteiger charge is -2.36. The van der Waals surface area contributed by atoms with E-state index in [2.05, 4.69) is 43.4 Å². The summed E-state index contributed by atoms with van der Waals surface area (Å²) in [7, 11) is 1.80. The molecule has 2 heteroatoms. The summed E-state index contributed by atoms with van der Waals surface area (Å²) in [6, 6.07) is 8.96. The van der Waals surface area contributed by atoms with Gasteiger partial charge in [-0.05, 0) is 43.2 Å². The molecule has 1 N–H and O–H groups in total. The molecule has 100 valence electrons. The molecule has 0 spiro atoms. The fourth-order valence-corrected chi connectivity index (χ4v) is 3.21. The van der Waals surface area contributed by atoms with Crippen LogP contribution in [0, 0.1) is 18.8 Å². The molecule has 1 saturated heterocycles. The van der Waals surface area contributed by atoms with Gasteiger partial charge in [-0.3, -0.25) is 0 Å². The van der Waals surface area contributed by atoms with E-state index in [1.807, 2.05) is 0 Å². The van der Waals surface area contributed by atoms with Gasteiger partial charge in [0.2, 0.25) is 0 Å². The number of benzene rings is 1. The fourth-order valence-electron chi connectivity index (χ4n) is 3.21. The standard InChI is InChI=1S/C16H25NO/c1-12-5-4-6-14(9-12)16-10-17-8-7-15(16)13(2)11-18-3/h4-6,9,13,15-17H,7-8,10-11H2,1-3H3. The molecule has 1 aliphatic heterocycles. The summed E-state index contributed by atoms with van der Waals surface area (Å²) in [4.78, 5) is 0. The Hall–Kier alpha value is -0.860. The van der Waals surface area contributed by atoms with E-state index < -0.39 is 0 Å². The Labute approximate surface area is 111 Å². The van der Waals surface area contributed by atoms with E-state index in [9.17, 15) is 0 Å². The third-order valence-corrected chi connectivity index (χ3v) is 4.17. The number of nitrogens with one attached hydrogen (secondary N) is 1. The number of rotatable bonds is 4. The van der Waals surface area contributed by atoms with Crippen LogP contribution in [0.25, 0.3) is 0 Å². The fraction of sp³-hybridized carbons (Fsp3) is 0.625. The van der Waals surface area contributed by atoms with E-state index >= 15 is 0 Å². The Morgan fingerprint density at radius 3 is 3.00 bits per heavy atom. The number of ether oxygens (including phenoxy) is 1. The van der Waals surface area contributed by atoms with Gasteiger partial charge in [0.1, 0.15) is 0 Å². The number of hydrogen-bond donors (Lipinski definition) is 1. The minimum atomic E-state index is 0.627. The number of piperidine rings is 1. The van der Waals surface area contributed by atoms with Crippen molar-refractivity contribution in [1.82, 2.24) is 5.32 Å². The Bertz CT molecular complexity index is 377. The van der Waals surface area contributed by atoms with Gasteiger partial charge in [-0.1, -0.05) is 36.8 Å². The third kappa shape index (κ3) is 3.12. The van der Waals surface area contributed by atoms with Gasteiger partial charge in [-0.25, -0.2) is 0 Å². The van der Waals surface area contributed by atoms with Crippen molar-refractivity contribution in [3.63, 3.8) is 0 Å². The quantitative estimate of drug-likeness (QED) is 0.883. The second-order valence-electron chi connectivity index (χ2n) is 5.61. The molecular weight excluding hydrogens is 222 g/mol. The second kappa shape index (κ2) is 6.35. The summed E-state index contributed by atoms with van der Waals surface area (Å²) in [5, 5.41) is 3.54. The highest BCUT2D eigenvalue weighted by Gasteiger charge is 2.30. The zero-order valence-corrected chi connectivity index (χ0v) is 11.8. The van der Waals surface area contributed by atoms with Crippen LogP contribution in [-0.4, -0.2) is 26.8 Å². The molecule has 0 amide bonds. The normalized spacial score (nSPS) is 25.9. The topological polar surface area (TPSA) is 21.3 Å². The van der Waals surface area contributed by atoms with Crippen molar-refractivity contribution in [3.05, 3.63) is 35.4 Å². The minimum Gasteiger partial charge on any atom is -0.384 e. The van der Waals surface area contributed by atoms with Crippen LogP contribution in [0.4, 0.5) is 0 Å². The molecule has 1 heterocycles. The maximum atomic E-state index is 5.34. The predicted octanol–water partition coefficient (Wildman–Crippen LogP) is 2.97. The summed E-state index contributed by atoms with van der Waals surface area (Å²) < 4.78 is 5.34. The monoisotopic (exact) mass is 247 g/mol. The van der Waals surface area contributed by atoms with E-state index in [0.717, 1.165) is 25.6 Å². The lowest BCUT2D eigenvalue weighted by atomic mass is 9.75. The van der Waals surface area contributed by atoms with Gasteiger partial charge in [0, 0.05) is 20.3 Å². The summed E-state index contributed by atoms with van der Waals surface area (Å²) in [5.74, 6) is 1.99. The first-order valence-electron chi connectivity index (χ1n) is 6.98. The van der Waals surface area contributed by atoms with E-state index in [-0.39, 0.29) is 0 Å². The molecule has 0 aliphatic carbocycles. The largest absolute Gasteiger partial charge is 0.384 e. The van der Waals surface area contributed by atoms with Gasteiger partial charge < -0.3 is 10.1 Å². The first kappa shape index (κ1) is 13.6. The van der Waals surface area contributed by atoms with Gasteiger partial charge in [-0.15, -0.1) is 0 Å². The highest BCUT2D eigenvalue weighted by molar-refractivity contribution is 5.27. The van der Waals surface area contributed by atoms with Crippen LogP contribution in [0.15, 0.2) is 24.3 Å². The van der Waals surface area contributed by atoms with Gasteiger partial charge >= 0.3 is 0 Å². The van der Waals surface area contributed by atoms with Crippen molar-refractivity contribution < 1.29 is 4.74 Å². The Kier molecular flexibility index (Phi) is 4.79. The van der Waals surface area contributed by atoms with Crippen LogP contribution in [0.3, 0.4) is 0 Å². The average Bonchev–Trinajstić information content (AvgIpc) is 2.39. The van der Waals surface area contributed by atoms with E-state index in [1.54, 1.807) is 7.11 Å². The lowest BCUT2D eigenvalue weighted by molar-refractivity contribution is 0.107. The van der Waals surface area contributed by atoms with E-state index in [4.69, 9.17) is 4.74 Å². The Balaban J connectivity index is 2.17. The zero-order valence-electron chi connectivity index (χ0n) is 11.8. The highest BCUT2D eigenvalue weighted by atomic mass is 16.5. The van der Waals surface area contributed by atoms with Gasteiger partial charge in [0.15, 0.2) is 0 Å². The molecule has 18 heavy (non-hydrogen) atoms. The molecule has 3 unspecified atom stereocenters. The molecule has 1 aromatic rings. The maximum absolute atomic E-state index is 5.34. The Morgan fingerprint density at radius 1 is 1.44 bits per heavy atom. The molecule has 1 fully saturated rings. The van der Waals surface area contributed by atoms with Crippen molar-refractivity contribution in [2.24, 2.45) is 11.8 Å². The van der Waals surface area contributed by atoms with Crippen molar-refractivity contribution in [1.29, 1.82) is 0 Å². The van der Waals surface area contributed by atoms with Crippen molar-refractivity contribution in [2.45, 2.75) is 26.2 Å². The lowest BCUT2D eigenvalue weighted by Crippen LogP contribution is -2.38. The number of aryl methyl sites for hydroxylation is 1. The Morgan fingerprint density at radius 2 is 2.28 bits per heavy atom. The molecule has 2 nitrogen and oxygen atoms in total. The summed E-state index contributed by atoms with van der Waals surface area (Å²) in [6.07, 6.45) is 1.25. The average molecular weight is 247 g/mol. The van der Waals surface area contributed by atoms with Crippen LogP contribution in [-0.2, 0) is 4.74 Å². The summed E-state index contributed by atoms with van der Waals surface area (Å²) >= 11 is 0. The number of methoxy groups -OCH3 is 1. The first-order valence-corrected chi connectivity index (χ1v) is 6.98. The molecule has 0 bridgehead atoms.